The lowest BCUT2D eigenvalue weighted by molar-refractivity contribution is -0.181. The summed E-state index contributed by atoms with van der Waals surface area (Å²) in [6.07, 6.45) is -2.31. The maximum Gasteiger partial charge on any atom is 0.403 e. The molecule has 54 heavy (non-hydrogen) atoms. The number of anilines is 1. The lowest BCUT2D eigenvalue weighted by Crippen LogP contribution is -2.46. The number of halogens is 5. The number of hydrogen-bond donors (Lipinski definition) is 3. The molecule has 286 valence electrons. The lowest BCUT2D eigenvalue weighted by atomic mass is 9.93. The first kappa shape index (κ1) is 37.6. The second-order valence-corrected chi connectivity index (χ2v) is 14.6. The number of hydrogen-bond acceptors (Lipinski definition) is 7. The van der Waals surface area contributed by atoms with E-state index < -0.39 is 41.6 Å². The molecule has 1 aromatic heterocycles. The van der Waals surface area contributed by atoms with Crippen molar-refractivity contribution in [3.8, 4) is 22.6 Å². The minimum absolute atomic E-state index is 0.00210. The summed E-state index contributed by atoms with van der Waals surface area (Å²) >= 11 is 6.50. The third-order valence-corrected chi connectivity index (χ3v) is 11.4. The Morgan fingerprint density at radius 3 is 2.54 bits per heavy atom. The Kier molecular flexibility index (Phi) is 9.90. The summed E-state index contributed by atoms with van der Waals surface area (Å²) in [5.74, 6) is -1.78. The molecule has 3 N–H and O–H groups in total. The number of fused-ring (bicyclic) bond motifs is 2. The number of carboxylic acid groups (broad SMARTS) is 1. The van der Waals surface area contributed by atoms with Gasteiger partial charge >= 0.3 is 12.1 Å². The molecule has 1 saturated carbocycles. The summed E-state index contributed by atoms with van der Waals surface area (Å²) in [4.78, 5) is 31.0. The Bertz CT molecular complexity index is 2150. The molecule has 3 aliphatic rings. The highest BCUT2D eigenvalue weighted by atomic mass is 35.5. The fraction of sp³-hybridized carbons (Fsp3) is 0.410. The van der Waals surface area contributed by atoms with E-state index in [4.69, 9.17) is 21.1 Å². The van der Waals surface area contributed by atoms with Crippen LogP contribution in [0.25, 0.3) is 11.1 Å². The van der Waals surface area contributed by atoms with Gasteiger partial charge in [0.1, 0.15) is 34.2 Å². The minimum atomic E-state index is -4.36. The molecule has 3 aromatic carbocycles. The molecule has 2 atom stereocenters. The minimum Gasteiger partial charge on any atom is -0.496 e. The topological polar surface area (TPSA) is 118 Å². The Balaban J connectivity index is 1.10. The third-order valence-electron chi connectivity index (χ3n) is 11.1. The molecule has 1 fully saturated rings. The Hall–Kier alpha value is -4.66. The number of ether oxygens (including phenoxy) is 2. The van der Waals surface area contributed by atoms with E-state index in [1.807, 2.05) is 37.3 Å². The molecule has 7 rings (SSSR count). The predicted octanol–water partition coefficient (Wildman–Crippen LogP) is 7.53. The molecule has 2 heterocycles. The number of nitrogens with zero attached hydrogens (tertiary/aromatic N) is 3. The number of carboxylic acids is 1. The normalized spacial score (nSPS) is 18.1. The van der Waals surface area contributed by atoms with Crippen LogP contribution in [0.2, 0.25) is 5.02 Å². The molecule has 0 spiro atoms. The van der Waals surface area contributed by atoms with Crippen molar-refractivity contribution in [3.05, 3.63) is 92.8 Å². The zero-order valence-electron chi connectivity index (χ0n) is 30.2. The summed E-state index contributed by atoms with van der Waals surface area (Å²) in [7, 11) is 3.10. The highest BCUT2D eigenvalue weighted by Gasteiger charge is 2.50. The van der Waals surface area contributed by atoms with Gasteiger partial charge in [0, 0.05) is 56.1 Å². The molecule has 2 unspecified atom stereocenters. The molecule has 2 aliphatic carbocycles. The van der Waals surface area contributed by atoms with Crippen molar-refractivity contribution in [2.24, 2.45) is 7.05 Å². The van der Waals surface area contributed by atoms with Gasteiger partial charge in [0.2, 0.25) is 0 Å². The van der Waals surface area contributed by atoms with E-state index >= 15 is 4.39 Å². The van der Waals surface area contributed by atoms with Gasteiger partial charge in [0.15, 0.2) is 11.6 Å². The molecule has 0 bridgehead atoms. The van der Waals surface area contributed by atoms with Crippen molar-refractivity contribution in [2.45, 2.75) is 82.9 Å². The van der Waals surface area contributed by atoms with Crippen LogP contribution in [0.1, 0.15) is 76.6 Å². The van der Waals surface area contributed by atoms with Gasteiger partial charge in [-0.25, -0.2) is 9.37 Å². The van der Waals surface area contributed by atoms with E-state index in [9.17, 15) is 27.9 Å². The second-order valence-electron chi connectivity index (χ2n) is 14.2. The van der Waals surface area contributed by atoms with Gasteiger partial charge in [-0.1, -0.05) is 41.9 Å². The van der Waals surface area contributed by atoms with Crippen LogP contribution < -0.4 is 20.1 Å². The molecular weight excluding hydrogens is 730 g/mol. The smallest absolute Gasteiger partial charge is 0.403 e. The van der Waals surface area contributed by atoms with Gasteiger partial charge in [0.25, 0.3) is 5.91 Å². The second kappa shape index (κ2) is 14.2. The Morgan fingerprint density at radius 1 is 1.13 bits per heavy atom. The van der Waals surface area contributed by atoms with Crippen LogP contribution in [0.15, 0.2) is 42.5 Å². The quantitative estimate of drug-likeness (QED) is 0.134. The lowest BCUT2D eigenvalue weighted by Gasteiger charge is -2.33. The predicted molar refractivity (Wildman–Crippen MR) is 193 cm³/mol. The van der Waals surface area contributed by atoms with E-state index in [-0.39, 0.29) is 47.5 Å². The number of aliphatic carboxylic acids is 1. The number of amides is 1. The fourth-order valence-corrected chi connectivity index (χ4v) is 7.79. The molecule has 0 radical (unpaired) electrons. The number of carbonyl (C=O) groups is 2. The summed E-state index contributed by atoms with van der Waals surface area (Å²) in [6.45, 7) is 3.17. The van der Waals surface area contributed by atoms with Crippen LogP contribution in [-0.2, 0) is 37.8 Å². The van der Waals surface area contributed by atoms with Gasteiger partial charge in [-0.2, -0.15) is 13.2 Å². The Labute approximate surface area is 314 Å². The first-order chi connectivity index (χ1) is 25.6. The van der Waals surface area contributed by atoms with E-state index in [1.54, 1.807) is 17.7 Å². The summed E-state index contributed by atoms with van der Waals surface area (Å²) in [5, 5.41) is 15.2. The van der Waals surface area contributed by atoms with Gasteiger partial charge in [-0.3, -0.25) is 19.8 Å². The largest absolute Gasteiger partial charge is 0.496 e. The monoisotopic (exact) mass is 769 g/mol. The number of methoxy groups -OCH3 is 1. The number of carbonyl (C=O) groups excluding carboxylic acids is 1. The first-order valence-electron chi connectivity index (χ1n) is 17.7. The van der Waals surface area contributed by atoms with E-state index in [1.165, 1.54) is 18.1 Å². The van der Waals surface area contributed by atoms with Crippen molar-refractivity contribution in [1.82, 2.24) is 19.8 Å². The number of aromatic nitrogens is 2. The van der Waals surface area contributed by atoms with E-state index in [0.717, 1.165) is 40.4 Å². The van der Waals surface area contributed by atoms with Crippen molar-refractivity contribution in [1.29, 1.82) is 0 Å². The number of benzene rings is 3. The molecule has 1 aliphatic heterocycles. The van der Waals surface area contributed by atoms with Crippen molar-refractivity contribution in [2.75, 3.05) is 19.0 Å². The van der Waals surface area contributed by atoms with Crippen LogP contribution in [0, 0.1) is 12.7 Å². The van der Waals surface area contributed by atoms with E-state index in [0.29, 0.717) is 43.5 Å². The molecule has 4 aromatic rings. The SMILES string of the molecule is COc1cc(OC2CCc3c(-c4cccc(NC(=O)c5nc6c(n5C)CCN(C(C)C(F)(F)F)C6)c4C)cccc32)c(Cl)c(F)c1CNC1(C(=O)O)CC1. The number of alkyl halides is 3. The zero-order chi connectivity index (χ0) is 38.7. The molecule has 0 saturated heterocycles. The van der Waals surface area contributed by atoms with Crippen LogP contribution in [-0.4, -0.2) is 62.8 Å². The maximum atomic E-state index is 15.7. The highest BCUT2D eigenvalue weighted by Crippen LogP contribution is 2.45. The number of nitrogens with one attached hydrogen (secondary N) is 2. The van der Waals surface area contributed by atoms with Crippen LogP contribution in [0.5, 0.6) is 11.5 Å². The van der Waals surface area contributed by atoms with Crippen molar-refractivity contribution in [3.63, 3.8) is 0 Å². The molecule has 10 nitrogen and oxygen atoms in total. The van der Waals surface area contributed by atoms with Gasteiger partial charge in [-0.15, -0.1) is 0 Å². The Morgan fingerprint density at radius 2 is 1.85 bits per heavy atom. The van der Waals surface area contributed by atoms with Crippen molar-refractivity contribution < 1.29 is 41.7 Å². The van der Waals surface area contributed by atoms with E-state index in [2.05, 4.69) is 15.6 Å². The van der Waals surface area contributed by atoms with Gasteiger partial charge < -0.3 is 24.5 Å². The number of imidazole rings is 1. The average Bonchev–Trinajstić information content (AvgIpc) is 3.73. The maximum absolute atomic E-state index is 15.7. The van der Waals surface area contributed by atoms with Gasteiger partial charge in [0.05, 0.1) is 12.8 Å². The standard InChI is InChI=1S/C39H40ClF4N5O5/c1-20-22(7-6-10-27(20)47-36(50)35-46-28-19-49(21(2)39(42,43)44)16-13-29(28)48(35)3)23-8-5-9-25-24(23)11-12-30(25)54-32-17-31(53-4)26(34(41)33(32)40)18-45-38(14-15-38)37(51)52/h5-10,17,21,30,45H,11-16,18-19H2,1-4H3,(H,47,50)(H,51,52). The molecule has 15 heteroatoms. The van der Waals surface area contributed by atoms with Gasteiger partial charge in [-0.05, 0) is 73.4 Å². The van der Waals surface area contributed by atoms with Crippen LogP contribution in [0.3, 0.4) is 0 Å². The number of rotatable bonds is 11. The molecule has 1 amide bonds. The average molecular weight is 770 g/mol. The summed E-state index contributed by atoms with van der Waals surface area (Å²) in [6, 6.07) is 11.4. The summed E-state index contributed by atoms with van der Waals surface area (Å²) in [5.41, 5.74) is 5.40. The third kappa shape index (κ3) is 6.79. The van der Waals surface area contributed by atoms with Crippen LogP contribution in [0.4, 0.5) is 23.2 Å². The molecular formula is C39H40ClF4N5O5. The summed E-state index contributed by atoms with van der Waals surface area (Å²) < 4.78 is 69.3. The first-order valence-corrected chi connectivity index (χ1v) is 18.1. The van der Waals surface area contributed by atoms with Crippen LogP contribution >= 0.6 is 11.6 Å². The van der Waals surface area contributed by atoms with Crippen molar-refractivity contribution >= 4 is 29.2 Å². The highest BCUT2D eigenvalue weighted by molar-refractivity contribution is 6.32. The fourth-order valence-electron chi connectivity index (χ4n) is 7.57. The zero-order valence-corrected chi connectivity index (χ0v) is 30.9.